The fourth-order valence-corrected chi connectivity index (χ4v) is 2.48. The highest BCUT2D eigenvalue weighted by atomic mass is 35.5. The molecular formula is C16H17ClN2O2. The summed E-state index contributed by atoms with van der Waals surface area (Å²) in [4.78, 5) is 16.4. The van der Waals surface area contributed by atoms with Gasteiger partial charge in [0.2, 0.25) is 0 Å². The molecule has 0 fully saturated rings. The quantitative estimate of drug-likeness (QED) is 0.874. The highest BCUT2D eigenvalue weighted by Gasteiger charge is 2.13. The average Bonchev–Trinajstić information content (AvgIpc) is 2.41. The van der Waals surface area contributed by atoms with Gasteiger partial charge in [0.15, 0.2) is 0 Å². The van der Waals surface area contributed by atoms with E-state index >= 15 is 0 Å². The molecule has 0 saturated heterocycles. The van der Waals surface area contributed by atoms with E-state index in [1.807, 2.05) is 26.0 Å². The Balaban J connectivity index is 2.32. The first-order valence-corrected chi connectivity index (χ1v) is 6.90. The van der Waals surface area contributed by atoms with Crippen molar-refractivity contribution in [2.45, 2.75) is 20.8 Å². The number of nitrogens with one attached hydrogen (secondary N) is 1. The zero-order valence-corrected chi connectivity index (χ0v) is 13.2. The van der Waals surface area contributed by atoms with Gasteiger partial charge in [-0.1, -0.05) is 17.7 Å². The number of carbonyl (C=O) groups excluding carboxylic acids is 1. The molecule has 1 amide bonds. The zero-order valence-electron chi connectivity index (χ0n) is 12.5. The molecule has 0 aliphatic rings. The number of aryl methyl sites for hydroxylation is 2. The molecule has 5 heteroatoms. The van der Waals surface area contributed by atoms with Crippen LogP contribution >= 0.6 is 11.6 Å². The van der Waals surface area contributed by atoms with E-state index in [9.17, 15) is 4.79 Å². The minimum Gasteiger partial charge on any atom is -0.496 e. The SMILES string of the molecule is COc1c(C)ccc(NC(=O)c2cc(C)nc(Cl)c2)c1C. The topological polar surface area (TPSA) is 51.2 Å². The number of hydrogen-bond donors (Lipinski definition) is 1. The lowest BCUT2D eigenvalue weighted by Gasteiger charge is -2.14. The average molecular weight is 305 g/mol. The molecule has 0 aliphatic carbocycles. The van der Waals surface area contributed by atoms with Crippen LogP contribution in [0.4, 0.5) is 5.69 Å². The molecule has 4 nitrogen and oxygen atoms in total. The van der Waals surface area contributed by atoms with Gasteiger partial charge in [0.25, 0.3) is 5.91 Å². The largest absolute Gasteiger partial charge is 0.496 e. The minimum atomic E-state index is -0.226. The van der Waals surface area contributed by atoms with Crippen LogP contribution in [0.3, 0.4) is 0 Å². The second kappa shape index (κ2) is 6.14. The van der Waals surface area contributed by atoms with Crippen LogP contribution in [0.2, 0.25) is 5.15 Å². The van der Waals surface area contributed by atoms with Crippen LogP contribution in [0.15, 0.2) is 24.3 Å². The Morgan fingerprint density at radius 2 is 1.95 bits per heavy atom. The molecule has 21 heavy (non-hydrogen) atoms. The predicted molar refractivity (Wildman–Crippen MR) is 84.4 cm³/mol. The first kappa shape index (κ1) is 15.3. The number of aromatic nitrogens is 1. The molecule has 0 aliphatic heterocycles. The van der Waals surface area contributed by atoms with E-state index in [0.29, 0.717) is 22.1 Å². The van der Waals surface area contributed by atoms with Crippen molar-refractivity contribution in [2.24, 2.45) is 0 Å². The number of benzene rings is 1. The summed E-state index contributed by atoms with van der Waals surface area (Å²) in [6.07, 6.45) is 0. The monoisotopic (exact) mass is 304 g/mol. The maximum Gasteiger partial charge on any atom is 0.255 e. The summed E-state index contributed by atoms with van der Waals surface area (Å²) in [5.41, 5.74) is 3.81. The standard InChI is InChI=1S/C16H17ClN2O2/c1-9-5-6-13(11(3)15(9)21-4)19-16(20)12-7-10(2)18-14(17)8-12/h5-8H,1-4H3,(H,19,20). The number of anilines is 1. The third kappa shape index (κ3) is 3.34. The van der Waals surface area contributed by atoms with E-state index in [-0.39, 0.29) is 5.91 Å². The maximum absolute atomic E-state index is 12.3. The number of ether oxygens (including phenoxy) is 1. The van der Waals surface area contributed by atoms with E-state index in [1.54, 1.807) is 26.2 Å². The highest BCUT2D eigenvalue weighted by Crippen LogP contribution is 2.29. The van der Waals surface area contributed by atoms with E-state index in [1.165, 1.54) is 0 Å². The number of pyridine rings is 1. The van der Waals surface area contributed by atoms with E-state index in [2.05, 4.69) is 10.3 Å². The van der Waals surface area contributed by atoms with E-state index in [4.69, 9.17) is 16.3 Å². The Labute approximate surface area is 129 Å². The summed E-state index contributed by atoms with van der Waals surface area (Å²) in [5, 5.41) is 3.18. The summed E-state index contributed by atoms with van der Waals surface area (Å²) >= 11 is 5.89. The van der Waals surface area contributed by atoms with Gasteiger partial charge in [-0.05, 0) is 44.5 Å². The molecule has 0 saturated carbocycles. The number of halogens is 1. The van der Waals surface area contributed by atoms with Gasteiger partial charge < -0.3 is 10.1 Å². The van der Waals surface area contributed by atoms with Gasteiger partial charge in [-0.2, -0.15) is 0 Å². The second-order valence-corrected chi connectivity index (χ2v) is 5.25. The van der Waals surface area contributed by atoms with Gasteiger partial charge >= 0.3 is 0 Å². The van der Waals surface area contributed by atoms with Gasteiger partial charge in [-0.3, -0.25) is 4.79 Å². The molecule has 1 N–H and O–H groups in total. The van der Waals surface area contributed by atoms with Crippen LogP contribution in [-0.2, 0) is 0 Å². The van der Waals surface area contributed by atoms with Crippen molar-refractivity contribution in [1.82, 2.24) is 4.98 Å². The molecule has 0 radical (unpaired) electrons. The normalized spacial score (nSPS) is 10.3. The van der Waals surface area contributed by atoms with Crippen molar-refractivity contribution in [3.8, 4) is 5.75 Å². The van der Waals surface area contributed by atoms with Crippen LogP contribution in [0.25, 0.3) is 0 Å². The first-order valence-electron chi connectivity index (χ1n) is 6.52. The molecule has 0 bridgehead atoms. The lowest BCUT2D eigenvalue weighted by molar-refractivity contribution is 0.102. The number of methoxy groups -OCH3 is 1. The van der Waals surface area contributed by atoms with Crippen molar-refractivity contribution in [1.29, 1.82) is 0 Å². The third-order valence-corrected chi connectivity index (χ3v) is 3.43. The third-order valence-electron chi connectivity index (χ3n) is 3.24. The molecule has 110 valence electrons. The van der Waals surface area contributed by atoms with Crippen molar-refractivity contribution in [3.63, 3.8) is 0 Å². The van der Waals surface area contributed by atoms with Crippen LogP contribution in [-0.4, -0.2) is 18.0 Å². The van der Waals surface area contributed by atoms with Gasteiger partial charge in [-0.25, -0.2) is 4.98 Å². The highest BCUT2D eigenvalue weighted by molar-refractivity contribution is 6.29. The molecule has 0 unspecified atom stereocenters. The van der Waals surface area contributed by atoms with Gasteiger partial charge in [0.05, 0.1) is 7.11 Å². The molecular weight excluding hydrogens is 288 g/mol. The molecule has 0 spiro atoms. The summed E-state index contributed by atoms with van der Waals surface area (Å²) < 4.78 is 5.36. The smallest absolute Gasteiger partial charge is 0.255 e. The first-order chi connectivity index (χ1) is 9.92. The Bertz CT molecular complexity index is 679. The predicted octanol–water partition coefficient (Wildman–Crippen LogP) is 3.92. The van der Waals surface area contributed by atoms with Crippen molar-refractivity contribution in [2.75, 3.05) is 12.4 Å². The van der Waals surface area contributed by atoms with Crippen LogP contribution < -0.4 is 10.1 Å². The number of nitrogens with zero attached hydrogens (tertiary/aromatic N) is 1. The van der Waals surface area contributed by atoms with Gasteiger partial charge in [0.1, 0.15) is 10.9 Å². The Kier molecular flexibility index (Phi) is 4.48. The summed E-state index contributed by atoms with van der Waals surface area (Å²) in [6, 6.07) is 7.01. The number of hydrogen-bond acceptors (Lipinski definition) is 3. The molecule has 2 aromatic rings. The van der Waals surface area contributed by atoms with E-state index in [0.717, 1.165) is 16.9 Å². The number of amides is 1. The summed E-state index contributed by atoms with van der Waals surface area (Å²) in [7, 11) is 1.62. The Morgan fingerprint density at radius 3 is 2.57 bits per heavy atom. The van der Waals surface area contributed by atoms with Crippen molar-refractivity contribution < 1.29 is 9.53 Å². The van der Waals surface area contributed by atoms with E-state index < -0.39 is 0 Å². The van der Waals surface area contributed by atoms with Crippen LogP contribution in [0, 0.1) is 20.8 Å². The summed E-state index contributed by atoms with van der Waals surface area (Å²) in [5.74, 6) is 0.549. The molecule has 0 atom stereocenters. The molecule has 1 aromatic carbocycles. The van der Waals surface area contributed by atoms with Gasteiger partial charge in [0, 0.05) is 22.5 Å². The minimum absolute atomic E-state index is 0.226. The maximum atomic E-state index is 12.3. The van der Waals surface area contributed by atoms with Crippen molar-refractivity contribution >= 4 is 23.2 Å². The molecule has 1 heterocycles. The van der Waals surface area contributed by atoms with Crippen LogP contribution in [0.5, 0.6) is 5.75 Å². The van der Waals surface area contributed by atoms with Crippen LogP contribution in [0.1, 0.15) is 27.2 Å². The number of carbonyl (C=O) groups is 1. The fourth-order valence-electron chi connectivity index (χ4n) is 2.23. The van der Waals surface area contributed by atoms with Gasteiger partial charge in [-0.15, -0.1) is 0 Å². The Morgan fingerprint density at radius 1 is 1.24 bits per heavy atom. The summed E-state index contributed by atoms with van der Waals surface area (Å²) in [6.45, 7) is 5.67. The zero-order chi connectivity index (χ0) is 15.6. The molecule has 2 rings (SSSR count). The van der Waals surface area contributed by atoms with Crippen molar-refractivity contribution in [3.05, 3.63) is 51.8 Å². The fraction of sp³-hybridized carbons (Fsp3) is 0.250. The lowest BCUT2D eigenvalue weighted by Crippen LogP contribution is -2.13. The second-order valence-electron chi connectivity index (χ2n) is 4.86. The molecule has 1 aromatic heterocycles. The number of rotatable bonds is 3. The Hall–Kier alpha value is -2.07. The lowest BCUT2D eigenvalue weighted by atomic mass is 10.1.